The molecule has 196 valence electrons. The van der Waals surface area contributed by atoms with E-state index in [1.165, 1.54) is 0 Å². The minimum absolute atomic E-state index is 0.0168. The number of phenols is 1. The predicted octanol–water partition coefficient (Wildman–Crippen LogP) is 6.81. The number of likely N-dealkylation sites (tertiary alicyclic amines) is 1. The molecule has 1 aliphatic heterocycles. The highest BCUT2D eigenvalue weighted by atomic mass is 16.5. The summed E-state index contributed by atoms with van der Waals surface area (Å²) in [5.41, 5.74) is 3.80. The van der Waals surface area contributed by atoms with Crippen molar-refractivity contribution in [2.75, 3.05) is 20.2 Å². The summed E-state index contributed by atoms with van der Waals surface area (Å²) in [6.07, 6.45) is 2.03. The number of benzene rings is 2. The molecule has 36 heavy (non-hydrogen) atoms. The van der Waals surface area contributed by atoms with E-state index < -0.39 is 0 Å². The number of phenolic OH excluding ortho intramolecular Hbond substituents is 1. The minimum Gasteiger partial charge on any atom is -0.507 e. The third-order valence-electron chi connectivity index (χ3n) is 7.29. The lowest BCUT2D eigenvalue weighted by molar-refractivity contribution is 0.0963. The second-order valence-corrected chi connectivity index (χ2v) is 12.3. The van der Waals surface area contributed by atoms with E-state index in [0.29, 0.717) is 24.6 Å². The molecule has 1 heterocycles. The van der Waals surface area contributed by atoms with Gasteiger partial charge in [-0.3, -0.25) is 10.2 Å². The zero-order chi connectivity index (χ0) is 26.8. The van der Waals surface area contributed by atoms with Crippen LogP contribution >= 0.6 is 0 Å². The molecule has 2 aromatic rings. The minimum atomic E-state index is -0.302. The van der Waals surface area contributed by atoms with Gasteiger partial charge >= 0.3 is 0 Å². The van der Waals surface area contributed by atoms with Crippen molar-refractivity contribution in [1.29, 1.82) is 5.41 Å². The first-order valence-corrected chi connectivity index (χ1v) is 13.1. The molecule has 0 unspecified atom stereocenters. The van der Waals surface area contributed by atoms with Gasteiger partial charge < -0.3 is 14.7 Å². The van der Waals surface area contributed by atoms with Crippen LogP contribution < -0.4 is 0 Å². The summed E-state index contributed by atoms with van der Waals surface area (Å²) in [7, 11) is 1.70. The van der Waals surface area contributed by atoms with Gasteiger partial charge in [0.1, 0.15) is 11.6 Å². The maximum atomic E-state index is 13.7. The highest BCUT2D eigenvalue weighted by Gasteiger charge is 2.39. The number of carbonyl (C=O) groups is 1. The fourth-order valence-corrected chi connectivity index (χ4v) is 5.41. The average molecular weight is 493 g/mol. The van der Waals surface area contributed by atoms with E-state index in [-0.39, 0.29) is 40.7 Å². The van der Waals surface area contributed by atoms with Crippen LogP contribution in [-0.2, 0) is 22.2 Å². The maximum absolute atomic E-state index is 13.7. The lowest BCUT2D eigenvalue weighted by Crippen LogP contribution is -2.32. The molecule has 5 heteroatoms. The molecular formula is C31H44N2O3. The number of hydrogen-bond donors (Lipinski definition) is 2. The maximum Gasteiger partial charge on any atom is 0.182 e. The second kappa shape index (κ2) is 10.8. The number of ether oxygens (including phenoxy) is 1. The van der Waals surface area contributed by atoms with Crippen molar-refractivity contribution < 1.29 is 14.6 Å². The molecule has 1 fully saturated rings. The lowest BCUT2D eigenvalue weighted by Gasteiger charge is -2.28. The first-order valence-electron chi connectivity index (χ1n) is 13.1. The van der Waals surface area contributed by atoms with Gasteiger partial charge in [-0.15, -0.1) is 0 Å². The Kier molecular flexibility index (Phi) is 8.34. The normalized spacial score (nSPS) is 18.7. The summed E-state index contributed by atoms with van der Waals surface area (Å²) >= 11 is 0. The number of amidine groups is 1. The van der Waals surface area contributed by atoms with Gasteiger partial charge in [0.15, 0.2) is 5.78 Å². The molecule has 2 atom stereocenters. The van der Waals surface area contributed by atoms with E-state index in [1.807, 2.05) is 29.2 Å². The van der Waals surface area contributed by atoms with Crippen molar-refractivity contribution in [2.24, 2.45) is 5.92 Å². The summed E-state index contributed by atoms with van der Waals surface area (Å²) in [4.78, 5) is 15.6. The van der Waals surface area contributed by atoms with Crippen LogP contribution in [0, 0.1) is 11.3 Å². The summed E-state index contributed by atoms with van der Waals surface area (Å²) in [6, 6.07) is 11.9. The molecule has 3 rings (SSSR count). The molecule has 2 aromatic carbocycles. The van der Waals surface area contributed by atoms with E-state index >= 15 is 0 Å². The Balaban J connectivity index is 1.96. The third-order valence-corrected chi connectivity index (χ3v) is 7.29. The van der Waals surface area contributed by atoms with E-state index in [2.05, 4.69) is 60.6 Å². The third kappa shape index (κ3) is 5.83. The van der Waals surface area contributed by atoms with Gasteiger partial charge in [0.25, 0.3) is 0 Å². The number of ketones is 1. The molecule has 5 nitrogen and oxygen atoms in total. The summed E-state index contributed by atoms with van der Waals surface area (Å²) < 4.78 is 5.44. The van der Waals surface area contributed by atoms with Crippen LogP contribution in [0.4, 0.5) is 0 Å². The van der Waals surface area contributed by atoms with Crippen LogP contribution in [0.25, 0.3) is 0 Å². The van der Waals surface area contributed by atoms with Gasteiger partial charge in [-0.25, -0.2) is 0 Å². The van der Waals surface area contributed by atoms with Gasteiger partial charge in [-0.2, -0.15) is 0 Å². The van der Waals surface area contributed by atoms with Crippen LogP contribution in [0.2, 0.25) is 0 Å². The van der Waals surface area contributed by atoms with Crippen molar-refractivity contribution in [3.63, 3.8) is 0 Å². The van der Waals surface area contributed by atoms with Crippen LogP contribution in [-0.4, -0.2) is 41.8 Å². The molecule has 0 aliphatic carbocycles. The highest BCUT2D eigenvalue weighted by molar-refractivity contribution is 6.01. The Hall–Kier alpha value is -2.66. The highest BCUT2D eigenvalue weighted by Crippen LogP contribution is 2.41. The van der Waals surface area contributed by atoms with Crippen molar-refractivity contribution in [3.05, 3.63) is 64.2 Å². The lowest BCUT2D eigenvalue weighted by atomic mass is 9.78. The van der Waals surface area contributed by atoms with Gasteiger partial charge in [0, 0.05) is 36.3 Å². The number of nitrogens with zero attached hydrogens (tertiary/aromatic N) is 1. The zero-order valence-electron chi connectivity index (χ0n) is 23.4. The van der Waals surface area contributed by atoms with Crippen molar-refractivity contribution in [2.45, 2.75) is 84.7 Å². The number of methoxy groups -OCH3 is 1. The number of nitrogens with one attached hydrogen (secondary N) is 1. The van der Waals surface area contributed by atoms with Gasteiger partial charge in [-0.1, -0.05) is 79.2 Å². The zero-order valence-corrected chi connectivity index (χ0v) is 23.4. The smallest absolute Gasteiger partial charge is 0.182 e. The largest absolute Gasteiger partial charge is 0.507 e. The van der Waals surface area contributed by atoms with E-state index in [0.717, 1.165) is 35.1 Å². The van der Waals surface area contributed by atoms with E-state index in [9.17, 15) is 9.90 Å². The molecule has 0 saturated carbocycles. The molecule has 0 bridgehead atoms. The van der Waals surface area contributed by atoms with Crippen LogP contribution in [0.5, 0.6) is 5.75 Å². The molecule has 0 amide bonds. The fourth-order valence-electron chi connectivity index (χ4n) is 5.41. The molecule has 0 aromatic heterocycles. The standard InChI is InChI=1S/C31H44N2O3/c1-9-12-20-17-33(29(32)27(20)23-14-11-10-13-21(23)19-36-8)18-26(34)22-15-24(30(2,3)4)28(35)25(16-22)31(5,6)7/h10-11,13-16,20,27,32,35H,9,12,17-19H2,1-8H3/t20-,27-/m0/s1. The molecular weight excluding hydrogens is 448 g/mol. The number of Topliss-reactive ketones (excluding diaryl/α,β-unsaturated/α-hetero) is 1. The molecule has 1 saturated heterocycles. The Labute approximate surface area is 217 Å². The Bertz CT molecular complexity index is 1070. The number of rotatable bonds is 8. The summed E-state index contributed by atoms with van der Waals surface area (Å²) in [5, 5.41) is 20.2. The molecule has 1 aliphatic rings. The summed E-state index contributed by atoms with van der Waals surface area (Å²) in [5.74, 6) is 1.01. The number of aromatic hydroxyl groups is 1. The van der Waals surface area contributed by atoms with Gasteiger partial charge in [-0.05, 0) is 46.4 Å². The fraction of sp³-hybridized carbons (Fsp3) is 0.548. The predicted molar refractivity (Wildman–Crippen MR) is 147 cm³/mol. The van der Waals surface area contributed by atoms with Crippen molar-refractivity contribution in [1.82, 2.24) is 4.90 Å². The SMILES string of the molecule is CCC[C@H]1CN(CC(=O)c2cc(C(C)(C)C)c(O)c(C(C)(C)C)c2)C(=N)[C@@H]1c1ccccc1COC. The monoisotopic (exact) mass is 492 g/mol. The van der Waals surface area contributed by atoms with Gasteiger partial charge in [0.05, 0.1) is 13.2 Å². The van der Waals surface area contributed by atoms with E-state index in [4.69, 9.17) is 10.1 Å². The number of carbonyl (C=O) groups excluding carboxylic acids is 1. The molecule has 0 spiro atoms. The molecule has 0 radical (unpaired) electrons. The van der Waals surface area contributed by atoms with Crippen molar-refractivity contribution >= 4 is 11.6 Å². The first-order chi connectivity index (χ1) is 16.8. The van der Waals surface area contributed by atoms with Crippen LogP contribution in [0.15, 0.2) is 36.4 Å². The number of hydrogen-bond acceptors (Lipinski definition) is 4. The van der Waals surface area contributed by atoms with E-state index in [1.54, 1.807) is 7.11 Å². The Morgan fingerprint density at radius 1 is 1.08 bits per heavy atom. The summed E-state index contributed by atoms with van der Waals surface area (Å²) in [6.45, 7) is 15.9. The average Bonchev–Trinajstić information content (AvgIpc) is 3.07. The first kappa shape index (κ1) is 27.9. The van der Waals surface area contributed by atoms with Crippen LogP contribution in [0.3, 0.4) is 0 Å². The second-order valence-electron chi connectivity index (χ2n) is 12.3. The Morgan fingerprint density at radius 2 is 1.67 bits per heavy atom. The van der Waals surface area contributed by atoms with Crippen molar-refractivity contribution in [3.8, 4) is 5.75 Å². The Morgan fingerprint density at radius 3 is 2.19 bits per heavy atom. The topological polar surface area (TPSA) is 73.6 Å². The quantitative estimate of drug-likeness (QED) is 0.397. The van der Waals surface area contributed by atoms with Gasteiger partial charge in [0.2, 0.25) is 0 Å². The van der Waals surface area contributed by atoms with Crippen LogP contribution in [0.1, 0.15) is 99.8 Å². The molecule has 2 N–H and O–H groups in total.